The summed E-state index contributed by atoms with van der Waals surface area (Å²) in [4.78, 5) is 10.6. The first-order valence-corrected chi connectivity index (χ1v) is 5.09. The van der Waals surface area contributed by atoms with Crippen LogP contribution >= 0.6 is 0 Å². The van der Waals surface area contributed by atoms with Gasteiger partial charge in [-0.05, 0) is 22.4 Å². The molecule has 2 aromatic carbocycles. The molecule has 88 valence electrons. The van der Waals surface area contributed by atoms with E-state index in [1.165, 1.54) is 12.1 Å². The number of carboxylic acid groups (broad SMARTS) is 1. The van der Waals surface area contributed by atoms with Gasteiger partial charge < -0.3 is 5.11 Å². The number of aliphatic carboxylic acids is 1. The quantitative estimate of drug-likeness (QED) is 0.886. The van der Waals surface area contributed by atoms with E-state index < -0.39 is 12.4 Å². The lowest BCUT2D eigenvalue weighted by Gasteiger charge is -2.04. The first-order chi connectivity index (χ1) is 8.06. The van der Waals surface area contributed by atoms with Crippen molar-refractivity contribution >= 4 is 16.7 Å². The van der Waals surface area contributed by atoms with Crippen molar-refractivity contribution in [3.8, 4) is 0 Å². The number of carboxylic acids is 1. The average molecular weight is 236 g/mol. The van der Waals surface area contributed by atoms with Gasteiger partial charge in [0.1, 0.15) is 0 Å². The van der Waals surface area contributed by atoms with Gasteiger partial charge >= 0.3 is 5.97 Å². The van der Waals surface area contributed by atoms with E-state index in [2.05, 4.69) is 0 Å². The number of halogens is 2. The lowest BCUT2D eigenvalue weighted by atomic mass is 10.0. The first-order valence-electron chi connectivity index (χ1n) is 5.09. The summed E-state index contributed by atoms with van der Waals surface area (Å²) in [5, 5.41) is 10.1. The van der Waals surface area contributed by atoms with Crippen LogP contribution in [0.4, 0.5) is 8.78 Å². The van der Waals surface area contributed by atoms with Crippen molar-refractivity contribution in [3.05, 3.63) is 47.5 Å². The normalized spacial score (nSPS) is 11.0. The summed E-state index contributed by atoms with van der Waals surface area (Å²) in [5.41, 5.74) is 0.557. The van der Waals surface area contributed by atoms with Gasteiger partial charge in [-0.15, -0.1) is 0 Å². The molecule has 0 spiro atoms. The SMILES string of the molecule is O=C(O)Cc1ccc2ccc(C(F)F)cc2c1. The van der Waals surface area contributed by atoms with Crippen LogP contribution in [0.5, 0.6) is 0 Å². The standard InChI is InChI=1S/C13H10F2O2/c14-13(15)10-4-3-9-2-1-8(6-12(16)17)5-11(9)7-10/h1-5,7,13H,6H2,(H,16,17). The molecule has 0 radical (unpaired) electrons. The molecular weight excluding hydrogens is 226 g/mol. The molecule has 0 amide bonds. The molecule has 0 saturated carbocycles. The zero-order chi connectivity index (χ0) is 12.4. The molecule has 0 atom stereocenters. The molecule has 0 aliphatic rings. The Hall–Kier alpha value is -1.97. The van der Waals surface area contributed by atoms with Crippen LogP contribution in [0, 0.1) is 0 Å². The van der Waals surface area contributed by atoms with E-state index in [1.54, 1.807) is 24.3 Å². The van der Waals surface area contributed by atoms with Gasteiger partial charge in [-0.3, -0.25) is 4.79 Å². The highest BCUT2D eigenvalue weighted by Gasteiger charge is 2.08. The third-order valence-electron chi connectivity index (χ3n) is 2.54. The second kappa shape index (κ2) is 4.49. The fourth-order valence-electron chi connectivity index (χ4n) is 1.73. The largest absolute Gasteiger partial charge is 0.481 e. The zero-order valence-electron chi connectivity index (χ0n) is 8.86. The van der Waals surface area contributed by atoms with Crippen molar-refractivity contribution in [1.29, 1.82) is 0 Å². The third kappa shape index (κ3) is 2.58. The van der Waals surface area contributed by atoms with Gasteiger partial charge in [0.2, 0.25) is 0 Å². The second-order valence-electron chi connectivity index (χ2n) is 3.81. The van der Waals surface area contributed by atoms with Crippen LogP contribution in [-0.4, -0.2) is 11.1 Å². The zero-order valence-corrected chi connectivity index (χ0v) is 8.86. The molecular formula is C13H10F2O2. The molecule has 0 saturated heterocycles. The maximum atomic E-state index is 12.5. The van der Waals surface area contributed by atoms with Crippen LogP contribution in [0.25, 0.3) is 10.8 Å². The summed E-state index contributed by atoms with van der Waals surface area (Å²) in [6.07, 6.45) is -2.61. The van der Waals surface area contributed by atoms with Crippen LogP contribution in [0.3, 0.4) is 0 Å². The lowest BCUT2D eigenvalue weighted by Crippen LogP contribution is -1.99. The van der Waals surface area contributed by atoms with Crippen molar-refractivity contribution in [2.24, 2.45) is 0 Å². The van der Waals surface area contributed by atoms with Crippen LogP contribution in [0.15, 0.2) is 36.4 Å². The Morgan fingerprint density at radius 1 is 1.12 bits per heavy atom. The number of alkyl halides is 2. The van der Waals surface area contributed by atoms with E-state index in [-0.39, 0.29) is 12.0 Å². The fourth-order valence-corrected chi connectivity index (χ4v) is 1.73. The van der Waals surface area contributed by atoms with Crippen LogP contribution in [-0.2, 0) is 11.2 Å². The average Bonchev–Trinajstić information content (AvgIpc) is 2.27. The van der Waals surface area contributed by atoms with E-state index in [0.717, 1.165) is 5.39 Å². The topological polar surface area (TPSA) is 37.3 Å². The summed E-state index contributed by atoms with van der Waals surface area (Å²) >= 11 is 0. The smallest absolute Gasteiger partial charge is 0.307 e. The van der Waals surface area contributed by atoms with E-state index in [1.807, 2.05) is 0 Å². The Bertz CT molecular complexity index is 564. The van der Waals surface area contributed by atoms with Gasteiger partial charge in [-0.2, -0.15) is 0 Å². The fraction of sp³-hybridized carbons (Fsp3) is 0.154. The molecule has 4 heteroatoms. The Morgan fingerprint density at radius 3 is 2.47 bits per heavy atom. The Kier molecular flexibility index (Phi) is 3.04. The number of hydrogen-bond acceptors (Lipinski definition) is 1. The number of hydrogen-bond donors (Lipinski definition) is 1. The van der Waals surface area contributed by atoms with Crippen molar-refractivity contribution < 1.29 is 18.7 Å². The van der Waals surface area contributed by atoms with Crippen molar-refractivity contribution in [3.63, 3.8) is 0 Å². The number of benzene rings is 2. The molecule has 0 bridgehead atoms. The molecule has 2 nitrogen and oxygen atoms in total. The molecule has 2 aromatic rings. The number of carbonyl (C=O) groups is 1. The number of rotatable bonds is 3. The summed E-state index contributed by atoms with van der Waals surface area (Å²) in [6.45, 7) is 0. The van der Waals surface area contributed by atoms with Crippen molar-refractivity contribution in [2.75, 3.05) is 0 Å². The molecule has 0 heterocycles. The lowest BCUT2D eigenvalue weighted by molar-refractivity contribution is -0.136. The maximum absolute atomic E-state index is 12.5. The first kappa shape index (κ1) is 11.5. The molecule has 0 fully saturated rings. The minimum absolute atomic E-state index is 0.0509. The molecule has 1 N–H and O–H groups in total. The summed E-state index contributed by atoms with van der Waals surface area (Å²) in [5.74, 6) is -0.936. The predicted octanol–water partition coefficient (Wildman–Crippen LogP) is 3.40. The van der Waals surface area contributed by atoms with Gasteiger partial charge in [0.05, 0.1) is 6.42 Å². The van der Waals surface area contributed by atoms with Gasteiger partial charge in [0.25, 0.3) is 6.43 Å². The Morgan fingerprint density at radius 2 is 1.82 bits per heavy atom. The molecule has 0 aromatic heterocycles. The van der Waals surface area contributed by atoms with Gasteiger partial charge in [0, 0.05) is 5.56 Å². The summed E-state index contributed by atoms with van der Waals surface area (Å²) < 4.78 is 25.0. The van der Waals surface area contributed by atoms with Crippen LogP contribution < -0.4 is 0 Å². The van der Waals surface area contributed by atoms with E-state index in [0.29, 0.717) is 10.9 Å². The monoisotopic (exact) mass is 236 g/mol. The molecule has 0 aliphatic carbocycles. The van der Waals surface area contributed by atoms with E-state index in [9.17, 15) is 13.6 Å². The molecule has 2 rings (SSSR count). The Labute approximate surface area is 96.5 Å². The van der Waals surface area contributed by atoms with Gasteiger partial charge in [-0.1, -0.05) is 30.3 Å². The highest BCUT2D eigenvalue weighted by molar-refractivity contribution is 5.85. The van der Waals surface area contributed by atoms with Crippen LogP contribution in [0.2, 0.25) is 0 Å². The molecule has 0 aliphatic heterocycles. The molecule has 0 unspecified atom stereocenters. The van der Waals surface area contributed by atoms with Crippen molar-refractivity contribution in [2.45, 2.75) is 12.8 Å². The minimum Gasteiger partial charge on any atom is -0.481 e. The van der Waals surface area contributed by atoms with E-state index >= 15 is 0 Å². The second-order valence-corrected chi connectivity index (χ2v) is 3.81. The van der Waals surface area contributed by atoms with E-state index in [4.69, 9.17) is 5.11 Å². The minimum atomic E-state index is -2.51. The predicted molar refractivity (Wildman–Crippen MR) is 60.2 cm³/mol. The summed E-state index contributed by atoms with van der Waals surface area (Å²) in [7, 11) is 0. The Balaban J connectivity index is 2.46. The number of fused-ring (bicyclic) bond motifs is 1. The van der Waals surface area contributed by atoms with Gasteiger partial charge in [0.15, 0.2) is 0 Å². The maximum Gasteiger partial charge on any atom is 0.307 e. The summed E-state index contributed by atoms with van der Waals surface area (Å²) in [6, 6.07) is 9.45. The van der Waals surface area contributed by atoms with Gasteiger partial charge in [-0.25, -0.2) is 8.78 Å². The van der Waals surface area contributed by atoms with Crippen molar-refractivity contribution in [1.82, 2.24) is 0 Å². The molecule has 17 heavy (non-hydrogen) atoms. The highest BCUT2D eigenvalue weighted by atomic mass is 19.3. The third-order valence-corrected chi connectivity index (χ3v) is 2.54. The van der Waals surface area contributed by atoms with Crippen LogP contribution in [0.1, 0.15) is 17.6 Å². The highest BCUT2D eigenvalue weighted by Crippen LogP contribution is 2.24.